The molecule has 1 N–H and O–H groups in total. The van der Waals surface area contributed by atoms with Crippen LogP contribution in [0.15, 0.2) is 42.5 Å². The van der Waals surface area contributed by atoms with E-state index in [1.54, 1.807) is 25.3 Å². The molecule has 24 heavy (non-hydrogen) atoms. The Kier molecular flexibility index (Phi) is 6.21. The van der Waals surface area contributed by atoms with Gasteiger partial charge in [0.25, 0.3) is 5.91 Å². The van der Waals surface area contributed by atoms with Gasteiger partial charge in [0.15, 0.2) is 0 Å². The normalized spacial score (nSPS) is 10.5. The van der Waals surface area contributed by atoms with Gasteiger partial charge >= 0.3 is 0 Å². The number of hydrogen-bond donors (Lipinski definition) is 1. The zero-order valence-electron chi connectivity index (χ0n) is 14.6. The molecule has 0 radical (unpaired) electrons. The molecule has 0 fully saturated rings. The van der Waals surface area contributed by atoms with Gasteiger partial charge in [-0.3, -0.25) is 4.79 Å². The Morgan fingerprint density at radius 1 is 1.04 bits per heavy atom. The number of carbonyl (C=O) groups excluding carboxylic acids is 1. The summed E-state index contributed by atoms with van der Waals surface area (Å²) in [4.78, 5) is 14.6. The van der Waals surface area contributed by atoms with Gasteiger partial charge in [-0.1, -0.05) is 24.3 Å². The largest absolute Gasteiger partial charge is 0.497 e. The van der Waals surface area contributed by atoms with Crippen LogP contribution < -0.4 is 14.8 Å². The Hall–Kier alpha value is -2.53. The van der Waals surface area contributed by atoms with E-state index in [4.69, 9.17) is 9.47 Å². The molecule has 0 aliphatic rings. The monoisotopic (exact) mass is 328 g/mol. The topological polar surface area (TPSA) is 50.8 Å². The number of nitrogens with zero attached hydrogens (tertiary/aromatic N) is 1. The molecule has 0 heterocycles. The lowest BCUT2D eigenvalue weighted by Gasteiger charge is -2.15. The van der Waals surface area contributed by atoms with Crippen molar-refractivity contribution < 1.29 is 14.3 Å². The van der Waals surface area contributed by atoms with Gasteiger partial charge < -0.3 is 19.7 Å². The number of hydrogen-bond acceptors (Lipinski definition) is 4. The van der Waals surface area contributed by atoms with Gasteiger partial charge in [-0.25, -0.2) is 0 Å². The highest BCUT2D eigenvalue weighted by Gasteiger charge is 2.13. The van der Waals surface area contributed by atoms with Crippen LogP contribution in [-0.2, 0) is 13.1 Å². The summed E-state index contributed by atoms with van der Waals surface area (Å²) in [6, 6.07) is 13.3. The second-order valence-electron chi connectivity index (χ2n) is 5.76. The molecule has 128 valence electrons. The highest BCUT2D eigenvalue weighted by molar-refractivity contribution is 5.97. The van der Waals surface area contributed by atoms with Crippen molar-refractivity contribution in [3.8, 4) is 11.5 Å². The molecule has 5 nitrogen and oxygen atoms in total. The molecule has 2 aromatic rings. The van der Waals surface area contributed by atoms with Crippen molar-refractivity contribution >= 4 is 5.91 Å². The lowest BCUT2D eigenvalue weighted by molar-refractivity contribution is 0.0947. The molecular weight excluding hydrogens is 304 g/mol. The first-order chi connectivity index (χ1) is 11.5. The minimum Gasteiger partial charge on any atom is -0.497 e. The summed E-state index contributed by atoms with van der Waals surface area (Å²) in [5.41, 5.74) is 2.79. The average Bonchev–Trinajstić information content (AvgIpc) is 2.59. The maximum absolute atomic E-state index is 12.5. The van der Waals surface area contributed by atoms with Crippen molar-refractivity contribution in [2.75, 3.05) is 28.3 Å². The van der Waals surface area contributed by atoms with Gasteiger partial charge in [0.05, 0.1) is 19.8 Å². The molecule has 0 aromatic heterocycles. The summed E-state index contributed by atoms with van der Waals surface area (Å²) in [7, 11) is 7.17. The minimum atomic E-state index is -0.172. The average molecular weight is 328 g/mol. The number of benzene rings is 2. The third-order valence-corrected chi connectivity index (χ3v) is 3.70. The third-order valence-electron chi connectivity index (χ3n) is 3.70. The van der Waals surface area contributed by atoms with E-state index in [1.807, 2.05) is 32.3 Å². The Balaban J connectivity index is 2.11. The summed E-state index contributed by atoms with van der Waals surface area (Å²) in [5.74, 6) is 0.974. The summed E-state index contributed by atoms with van der Waals surface area (Å²) < 4.78 is 10.4. The van der Waals surface area contributed by atoms with Gasteiger partial charge in [0, 0.05) is 19.2 Å². The SMILES string of the molecule is COc1ccc(C(=O)NCc2ccccc2CN(C)C)c(OC)c1. The smallest absolute Gasteiger partial charge is 0.255 e. The van der Waals surface area contributed by atoms with Gasteiger partial charge in [-0.15, -0.1) is 0 Å². The van der Waals surface area contributed by atoms with E-state index >= 15 is 0 Å². The molecule has 0 saturated carbocycles. The molecule has 0 saturated heterocycles. The van der Waals surface area contributed by atoms with Crippen LogP contribution in [0.3, 0.4) is 0 Å². The number of rotatable bonds is 7. The van der Waals surface area contributed by atoms with E-state index in [2.05, 4.69) is 16.3 Å². The van der Waals surface area contributed by atoms with Gasteiger partial charge in [0.2, 0.25) is 0 Å². The zero-order chi connectivity index (χ0) is 17.5. The lowest BCUT2D eigenvalue weighted by Crippen LogP contribution is -2.24. The molecule has 0 spiro atoms. The predicted molar refractivity (Wildman–Crippen MR) is 94.5 cm³/mol. The summed E-state index contributed by atoms with van der Waals surface area (Å²) >= 11 is 0. The number of methoxy groups -OCH3 is 2. The summed E-state index contributed by atoms with van der Waals surface area (Å²) in [5, 5.41) is 2.96. The molecule has 0 bridgehead atoms. The predicted octanol–water partition coefficient (Wildman–Crippen LogP) is 2.70. The van der Waals surface area contributed by atoms with Crippen molar-refractivity contribution in [2.24, 2.45) is 0 Å². The van der Waals surface area contributed by atoms with Crippen LogP contribution >= 0.6 is 0 Å². The van der Waals surface area contributed by atoms with E-state index in [0.717, 1.165) is 12.1 Å². The molecule has 2 rings (SSSR count). The van der Waals surface area contributed by atoms with Gasteiger partial charge in [0.1, 0.15) is 11.5 Å². The molecule has 0 aliphatic heterocycles. The van der Waals surface area contributed by atoms with Gasteiger partial charge in [-0.05, 0) is 37.4 Å². The molecule has 2 aromatic carbocycles. The Labute approximate surface area is 143 Å². The van der Waals surface area contributed by atoms with Crippen molar-refractivity contribution in [1.82, 2.24) is 10.2 Å². The first-order valence-corrected chi connectivity index (χ1v) is 7.77. The standard InChI is InChI=1S/C19H24N2O3/c1-21(2)13-15-8-6-5-7-14(15)12-20-19(22)17-10-9-16(23-3)11-18(17)24-4/h5-11H,12-13H2,1-4H3,(H,20,22). The lowest BCUT2D eigenvalue weighted by atomic mass is 10.1. The van der Waals surface area contributed by atoms with Crippen LogP contribution in [0.5, 0.6) is 11.5 Å². The van der Waals surface area contributed by atoms with Crippen LogP contribution in [0.1, 0.15) is 21.5 Å². The van der Waals surface area contributed by atoms with Gasteiger partial charge in [-0.2, -0.15) is 0 Å². The summed E-state index contributed by atoms with van der Waals surface area (Å²) in [6.45, 7) is 1.30. The first kappa shape index (κ1) is 17.8. The minimum absolute atomic E-state index is 0.172. The van der Waals surface area contributed by atoms with Crippen LogP contribution in [0.4, 0.5) is 0 Å². The van der Waals surface area contributed by atoms with Crippen LogP contribution in [0.2, 0.25) is 0 Å². The quantitative estimate of drug-likeness (QED) is 0.849. The van der Waals surface area contributed by atoms with E-state index in [0.29, 0.717) is 23.6 Å². The molecule has 0 unspecified atom stereocenters. The third kappa shape index (κ3) is 4.49. The fourth-order valence-corrected chi connectivity index (χ4v) is 2.48. The van der Waals surface area contributed by atoms with Crippen LogP contribution in [0.25, 0.3) is 0 Å². The molecular formula is C19H24N2O3. The maximum atomic E-state index is 12.5. The Bertz CT molecular complexity index is 699. The van der Waals surface area contributed by atoms with Crippen molar-refractivity contribution in [3.05, 3.63) is 59.2 Å². The fraction of sp³-hybridized carbons (Fsp3) is 0.316. The number of carbonyl (C=O) groups is 1. The second kappa shape index (κ2) is 8.36. The zero-order valence-corrected chi connectivity index (χ0v) is 14.6. The second-order valence-corrected chi connectivity index (χ2v) is 5.76. The highest BCUT2D eigenvalue weighted by atomic mass is 16.5. The van der Waals surface area contributed by atoms with Crippen molar-refractivity contribution in [3.63, 3.8) is 0 Å². The highest BCUT2D eigenvalue weighted by Crippen LogP contribution is 2.24. The van der Waals surface area contributed by atoms with E-state index < -0.39 is 0 Å². The number of nitrogens with one attached hydrogen (secondary N) is 1. The first-order valence-electron chi connectivity index (χ1n) is 7.77. The van der Waals surface area contributed by atoms with E-state index in [1.165, 1.54) is 12.7 Å². The van der Waals surface area contributed by atoms with Crippen LogP contribution in [0, 0.1) is 0 Å². The van der Waals surface area contributed by atoms with E-state index in [-0.39, 0.29) is 5.91 Å². The Morgan fingerprint density at radius 3 is 2.38 bits per heavy atom. The van der Waals surface area contributed by atoms with Crippen molar-refractivity contribution in [1.29, 1.82) is 0 Å². The Morgan fingerprint density at radius 2 is 1.75 bits per heavy atom. The van der Waals surface area contributed by atoms with Crippen LogP contribution in [-0.4, -0.2) is 39.1 Å². The molecule has 5 heteroatoms. The summed E-state index contributed by atoms with van der Waals surface area (Å²) in [6.07, 6.45) is 0. The van der Waals surface area contributed by atoms with Crippen molar-refractivity contribution in [2.45, 2.75) is 13.1 Å². The number of amides is 1. The molecule has 1 amide bonds. The molecule has 0 atom stereocenters. The van der Waals surface area contributed by atoms with E-state index in [9.17, 15) is 4.79 Å². The maximum Gasteiger partial charge on any atom is 0.255 e. The fourth-order valence-electron chi connectivity index (χ4n) is 2.48. The molecule has 0 aliphatic carbocycles. The number of ether oxygens (including phenoxy) is 2.